The van der Waals surface area contributed by atoms with E-state index in [4.69, 9.17) is 14.2 Å². The molecule has 0 spiro atoms. The van der Waals surface area contributed by atoms with Crippen molar-refractivity contribution in [2.75, 3.05) is 31.0 Å². The Balaban J connectivity index is 1.41. The predicted octanol–water partition coefficient (Wildman–Crippen LogP) is 4.54. The number of anilines is 2. The third-order valence-electron chi connectivity index (χ3n) is 7.81. The van der Waals surface area contributed by atoms with E-state index in [-0.39, 0.29) is 18.0 Å². The van der Waals surface area contributed by atoms with E-state index in [1.54, 1.807) is 49.4 Å². The number of nitrogens with one attached hydrogen (secondary N) is 1. The van der Waals surface area contributed by atoms with Crippen LogP contribution in [0.1, 0.15) is 33.6 Å². The first-order valence-corrected chi connectivity index (χ1v) is 16.1. The van der Waals surface area contributed by atoms with Crippen LogP contribution in [0.25, 0.3) is 0 Å². The molecule has 3 heterocycles. The zero-order chi connectivity index (χ0) is 32.5. The van der Waals surface area contributed by atoms with Gasteiger partial charge in [-0.25, -0.2) is 9.69 Å². The average Bonchev–Trinajstić information content (AvgIpc) is 3.51. The number of nitrogens with zero attached hydrogens (tertiary/aromatic N) is 2. The number of esters is 1. The van der Waals surface area contributed by atoms with Crippen molar-refractivity contribution in [2.24, 2.45) is 5.92 Å². The highest BCUT2D eigenvalue weighted by Crippen LogP contribution is 2.54. The number of hydrogen-bond donors (Lipinski definition) is 1. The first kappa shape index (κ1) is 31.1. The van der Waals surface area contributed by atoms with Crippen molar-refractivity contribution < 1.29 is 33.4 Å². The maximum atomic E-state index is 14.2. The summed E-state index contributed by atoms with van der Waals surface area (Å²) in [5.41, 5.74) is 1.84. The van der Waals surface area contributed by atoms with Crippen LogP contribution in [0.15, 0.2) is 82.6 Å². The fraction of sp³-hybridized carbons (Fsp3) is 0.242. The lowest BCUT2D eigenvalue weighted by atomic mass is 9.83. The molecular weight excluding hydrogens is 631 g/mol. The number of thioether (sulfide) groups is 1. The van der Waals surface area contributed by atoms with Crippen molar-refractivity contribution in [3.8, 4) is 11.5 Å². The van der Waals surface area contributed by atoms with E-state index < -0.39 is 40.8 Å². The number of aromatic nitrogens is 1. The zero-order valence-corrected chi connectivity index (χ0v) is 26.7. The Morgan fingerprint density at radius 1 is 0.891 bits per heavy atom. The highest BCUT2D eigenvalue weighted by molar-refractivity contribution is 8.00. The molecule has 0 saturated carbocycles. The number of para-hydroxylation sites is 1. The molecule has 3 aromatic carbocycles. The summed E-state index contributed by atoms with van der Waals surface area (Å²) in [7, 11) is 3.01. The molecular formula is C33H29N3O8S2. The number of fused-ring (bicyclic) bond motifs is 2. The lowest BCUT2D eigenvalue weighted by Crippen LogP contribution is -2.33. The monoisotopic (exact) mass is 659 g/mol. The van der Waals surface area contributed by atoms with Crippen LogP contribution >= 0.6 is 23.1 Å². The summed E-state index contributed by atoms with van der Waals surface area (Å²) >= 11 is 2.07. The molecule has 11 nitrogen and oxygen atoms in total. The average molecular weight is 660 g/mol. The smallest absolute Gasteiger partial charge is 0.338 e. The Hall–Kier alpha value is -4.88. The molecule has 1 fully saturated rings. The van der Waals surface area contributed by atoms with Crippen LogP contribution in [0, 0.1) is 5.92 Å². The van der Waals surface area contributed by atoms with E-state index in [2.05, 4.69) is 5.32 Å². The molecule has 4 aromatic rings. The van der Waals surface area contributed by atoms with Gasteiger partial charge < -0.3 is 19.5 Å². The molecule has 1 N–H and O–H groups in total. The number of rotatable bonds is 9. The maximum Gasteiger partial charge on any atom is 0.338 e. The van der Waals surface area contributed by atoms with Gasteiger partial charge in [0, 0.05) is 16.5 Å². The summed E-state index contributed by atoms with van der Waals surface area (Å²) in [6, 6.07) is 20.2. The second-order valence-corrected chi connectivity index (χ2v) is 12.6. The van der Waals surface area contributed by atoms with E-state index in [1.807, 2.05) is 6.07 Å². The summed E-state index contributed by atoms with van der Waals surface area (Å²) < 4.78 is 17.4. The molecule has 13 heteroatoms. The van der Waals surface area contributed by atoms with Gasteiger partial charge in [-0.3, -0.25) is 23.7 Å². The predicted molar refractivity (Wildman–Crippen MR) is 173 cm³/mol. The standard InChI is InChI=1S/C33H29N3O8S2/c1-4-44-32(40)18-10-13-21(14-11-18)36-29(38)26-25(19-12-15-22(42-2)23(16-19)43-3)28-31(45-27(26)30(36)39)35(33(41)46-28)17-24(37)34-20-8-6-5-7-9-20/h5-16,25-27H,4,17H2,1-3H3,(H,34,37)/t25-,26?,27?/m0/s1. The number of benzene rings is 3. The van der Waals surface area contributed by atoms with E-state index in [0.717, 1.165) is 28.0 Å². The fourth-order valence-corrected chi connectivity index (χ4v) is 8.52. The molecule has 2 unspecified atom stereocenters. The topological polar surface area (TPSA) is 133 Å². The minimum atomic E-state index is -0.889. The number of carbonyl (C=O) groups is 4. The minimum Gasteiger partial charge on any atom is -0.493 e. The Labute approximate surface area is 272 Å². The summed E-state index contributed by atoms with van der Waals surface area (Å²) in [6.07, 6.45) is 0. The van der Waals surface area contributed by atoms with Crippen LogP contribution in [0.3, 0.4) is 0 Å². The van der Waals surface area contributed by atoms with E-state index >= 15 is 0 Å². The van der Waals surface area contributed by atoms with Crippen molar-refractivity contribution in [1.29, 1.82) is 0 Å². The van der Waals surface area contributed by atoms with E-state index in [0.29, 0.717) is 43.9 Å². The lowest BCUT2D eigenvalue weighted by molar-refractivity contribution is -0.122. The van der Waals surface area contributed by atoms with Crippen LogP contribution in [0.4, 0.5) is 11.4 Å². The second kappa shape index (κ2) is 12.9. The Kier molecular flexibility index (Phi) is 8.69. The van der Waals surface area contributed by atoms with Gasteiger partial charge in [0.1, 0.15) is 11.8 Å². The summed E-state index contributed by atoms with van der Waals surface area (Å²) in [5, 5.41) is 2.37. The summed E-state index contributed by atoms with van der Waals surface area (Å²) in [6.45, 7) is 1.64. The molecule has 3 amide bonds. The van der Waals surface area contributed by atoms with Crippen molar-refractivity contribution in [3.05, 3.63) is 98.5 Å². The highest BCUT2D eigenvalue weighted by atomic mass is 32.2. The van der Waals surface area contributed by atoms with Gasteiger partial charge >= 0.3 is 10.8 Å². The highest BCUT2D eigenvalue weighted by Gasteiger charge is 2.57. The number of hydrogen-bond acceptors (Lipinski definition) is 10. The van der Waals surface area contributed by atoms with Gasteiger partial charge in [0.15, 0.2) is 11.5 Å². The number of ether oxygens (including phenoxy) is 3. The van der Waals surface area contributed by atoms with Crippen molar-refractivity contribution in [1.82, 2.24) is 4.57 Å². The van der Waals surface area contributed by atoms with Crippen LogP contribution in [-0.4, -0.2) is 54.3 Å². The van der Waals surface area contributed by atoms with Crippen LogP contribution < -0.4 is 24.6 Å². The van der Waals surface area contributed by atoms with Crippen LogP contribution in [-0.2, 0) is 25.7 Å². The fourth-order valence-electron chi connectivity index (χ4n) is 5.74. The number of amides is 3. The molecule has 0 bridgehead atoms. The van der Waals surface area contributed by atoms with Gasteiger partial charge in [0.05, 0.1) is 43.0 Å². The summed E-state index contributed by atoms with van der Waals surface area (Å²) in [4.78, 5) is 68.3. The number of methoxy groups -OCH3 is 2. The van der Waals surface area contributed by atoms with Gasteiger partial charge in [0.25, 0.3) is 0 Å². The van der Waals surface area contributed by atoms with Crippen molar-refractivity contribution in [2.45, 2.75) is 29.7 Å². The Morgan fingerprint density at radius 3 is 2.28 bits per heavy atom. The quantitative estimate of drug-likeness (QED) is 0.203. The summed E-state index contributed by atoms with van der Waals surface area (Å²) in [5.74, 6) is -2.47. The first-order valence-electron chi connectivity index (χ1n) is 14.4. The third kappa shape index (κ3) is 5.56. The second-order valence-electron chi connectivity index (χ2n) is 10.5. The van der Waals surface area contributed by atoms with Gasteiger partial charge in [-0.15, -0.1) is 0 Å². The molecule has 46 heavy (non-hydrogen) atoms. The molecule has 1 saturated heterocycles. The molecule has 3 atom stereocenters. The van der Waals surface area contributed by atoms with Crippen LogP contribution in [0.2, 0.25) is 0 Å². The van der Waals surface area contributed by atoms with Crippen molar-refractivity contribution in [3.63, 3.8) is 0 Å². The van der Waals surface area contributed by atoms with Gasteiger partial charge in [0.2, 0.25) is 17.7 Å². The molecule has 0 aliphatic carbocycles. The third-order valence-corrected chi connectivity index (χ3v) is 10.4. The first-order chi connectivity index (χ1) is 22.2. The number of imide groups is 1. The molecule has 236 valence electrons. The minimum absolute atomic E-state index is 0.213. The van der Waals surface area contributed by atoms with E-state index in [1.165, 1.54) is 43.1 Å². The largest absolute Gasteiger partial charge is 0.493 e. The SMILES string of the molecule is CCOC(=O)c1ccc(N2C(=O)C3Sc4c(sc(=O)n4CC(=O)Nc4ccccc4)[C@@H](c4ccc(OC)c(OC)c4)C3C2=O)cc1. The van der Waals surface area contributed by atoms with Crippen LogP contribution in [0.5, 0.6) is 11.5 Å². The van der Waals surface area contributed by atoms with E-state index in [9.17, 15) is 24.0 Å². The molecule has 0 radical (unpaired) electrons. The Morgan fingerprint density at radius 2 is 1.61 bits per heavy atom. The lowest BCUT2D eigenvalue weighted by Gasteiger charge is -2.31. The molecule has 6 rings (SSSR count). The Bertz CT molecular complexity index is 1890. The normalized spacial score (nSPS) is 18.5. The van der Waals surface area contributed by atoms with Crippen molar-refractivity contribution >= 4 is 58.2 Å². The zero-order valence-electron chi connectivity index (χ0n) is 25.1. The molecule has 2 aliphatic rings. The van der Waals surface area contributed by atoms with Gasteiger partial charge in [-0.1, -0.05) is 47.4 Å². The van der Waals surface area contributed by atoms with Gasteiger partial charge in [-0.2, -0.15) is 0 Å². The maximum absolute atomic E-state index is 14.2. The molecule has 2 aliphatic heterocycles. The van der Waals surface area contributed by atoms with Gasteiger partial charge in [-0.05, 0) is 61.0 Å². The molecule has 1 aromatic heterocycles. The number of carbonyl (C=O) groups excluding carboxylic acids is 4. The number of thiazole rings is 1.